The van der Waals surface area contributed by atoms with Gasteiger partial charge in [0.1, 0.15) is 5.60 Å². The van der Waals surface area contributed by atoms with Crippen LogP contribution in [0, 0.1) is 0 Å². The fourth-order valence-corrected chi connectivity index (χ4v) is 4.15. The first-order valence-electron chi connectivity index (χ1n) is 9.95. The van der Waals surface area contributed by atoms with Gasteiger partial charge in [-0.3, -0.25) is 4.79 Å². The van der Waals surface area contributed by atoms with Crippen LogP contribution < -0.4 is 9.47 Å². The number of alkyl halides is 3. The minimum Gasteiger partial charge on any atom is -0.454 e. The molecular formula is C22H19F3N2O4. The maximum atomic E-state index is 13.0. The number of likely N-dealkylation sites (tertiary alicyclic amines) is 1. The highest BCUT2D eigenvalue weighted by Gasteiger charge is 2.43. The number of carbonyl (C=O) groups is 1. The van der Waals surface area contributed by atoms with Gasteiger partial charge in [-0.1, -0.05) is 17.3 Å². The number of hydrogen-bond donors (Lipinski definition) is 0. The third-order valence-corrected chi connectivity index (χ3v) is 5.94. The summed E-state index contributed by atoms with van der Waals surface area (Å²) in [5.74, 6) is 1.07. The Morgan fingerprint density at radius 2 is 1.81 bits per heavy atom. The molecule has 1 fully saturated rings. The molecular weight excluding hydrogens is 413 g/mol. The van der Waals surface area contributed by atoms with Gasteiger partial charge >= 0.3 is 6.18 Å². The van der Waals surface area contributed by atoms with Gasteiger partial charge in [0.15, 0.2) is 11.5 Å². The van der Waals surface area contributed by atoms with E-state index in [0.717, 1.165) is 12.1 Å². The number of ether oxygens (including phenoxy) is 2. The topological polar surface area (TPSA) is 60.4 Å². The molecule has 0 bridgehead atoms. The van der Waals surface area contributed by atoms with Crippen LogP contribution in [0.4, 0.5) is 13.2 Å². The second kappa shape index (κ2) is 7.18. The number of nitrogens with zero attached hydrogens (tertiary/aromatic N) is 2. The van der Waals surface area contributed by atoms with Gasteiger partial charge < -0.3 is 19.2 Å². The molecule has 3 aliphatic heterocycles. The number of carbonyl (C=O) groups excluding carboxylic acids is 1. The van der Waals surface area contributed by atoms with Crippen LogP contribution in [-0.4, -0.2) is 42.0 Å². The molecule has 3 heterocycles. The lowest BCUT2D eigenvalue weighted by Crippen LogP contribution is -2.46. The van der Waals surface area contributed by atoms with Crippen LogP contribution in [0.3, 0.4) is 0 Å². The summed E-state index contributed by atoms with van der Waals surface area (Å²) in [5, 5.41) is 4.09. The van der Waals surface area contributed by atoms with Gasteiger partial charge in [0.05, 0.1) is 11.3 Å². The molecule has 1 amide bonds. The average molecular weight is 432 g/mol. The van der Waals surface area contributed by atoms with Gasteiger partial charge in [0, 0.05) is 43.5 Å². The maximum absolute atomic E-state index is 13.0. The number of benzene rings is 2. The fourth-order valence-electron chi connectivity index (χ4n) is 4.15. The second-order valence-corrected chi connectivity index (χ2v) is 7.93. The van der Waals surface area contributed by atoms with Crippen molar-refractivity contribution >= 4 is 11.6 Å². The Morgan fingerprint density at radius 3 is 2.58 bits per heavy atom. The SMILES string of the molecule is O=C(c1ccc2c(c1)OCO2)N1CCC2(CC1)CC(c1cccc(C(F)(F)F)c1)=NO2. The Morgan fingerprint density at radius 1 is 1.03 bits per heavy atom. The number of fused-ring (bicyclic) bond motifs is 1. The minimum atomic E-state index is -4.41. The minimum absolute atomic E-state index is 0.106. The van der Waals surface area contributed by atoms with E-state index in [2.05, 4.69) is 5.16 Å². The normalized spacial score (nSPS) is 19.3. The Hall–Kier alpha value is -3.23. The van der Waals surface area contributed by atoms with E-state index in [4.69, 9.17) is 14.3 Å². The molecule has 6 nitrogen and oxygen atoms in total. The van der Waals surface area contributed by atoms with Crippen LogP contribution in [0.5, 0.6) is 11.5 Å². The van der Waals surface area contributed by atoms with E-state index in [1.807, 2.05) is 0 Å². The van der Waals surface area contributed by atoms with E-state index < -0.39 is 17.3 Å². The van der Waals surface area contributed by atoms with Crippen molar-refractivity contribution in [3.05, 3.63) is 59.2 Å². The van der Waals surface area contributed by atoms with Crippen LogP contribution in [0.25, 0.3) is 0 Å². The van der Waals surface area contributed by atoms with Gasteiger partial charge in [0.2, 0.25) is 6.79 Å². The summed E-state index contributed by atoms with van der Waals surface area (Å²) >= 11 is 0. The van der Waals surface area contributed by atoms with E-state index >= 15 is 0 Å². The average Bonchev–Trinajstić information content (AvgIpc) is 3.40. The van der Waals surface area contributed by atoms with Crippen molar-refractivity contribution in [3.63, 3.8) is 0 Å². The number of amides is 1. The first kappa shape index (κ1) is 19.7. The van der Waals surface area contributed by atoms with Gasteiger partial charge in [-0.15, -0.1) is 0 Å². The maximum Gasteiger partial charge on any atom is 0.416 e. The van der Waals surface area contributed by atoms with Gasteiger partial charge in [-0.25, -0.2) is 0 Å². The van der Waals surface area contributed by atoms with Crippen LogP contribution in [-0.2, 0) is 11.0 Å². The number of rotatable bonds is 2. The number of hydrogen-bond acceptors (Lipinski definition) is 5. The van der Waals surface area contributed by atoms with E-state index in [1.165, 1.54) is 6.07 Å². The molecule has 0 atom stereocenters. The predicted octanol–water partition coefficient (Wildman–Crippen LogP) is 4.23. The van der Waals surface area contributed by atoms with Gasteiger partial charge in [-0.2, -0.15) is 13.2 Å². The molecule has 2 aromatic carbocycles. The van der Waals surface area contributed by atoms with Crippen molar-refractivity contribution in [1.29, 1.82) is 0 Å². The van der Waals surface area contributed by atoms with Crippen LogP contribution in [0.2, 0.25) is 0 Å². The highest BCUT2D eigenvalue weighted by Crippen LogP contribution is 2.38. The molecule has 9 heteroatoms. The molecule has 1 spiro atoms. The molecule has 0 aromatic heterocycles. The Labute approximate surface area is 176 Å². The van der Waals surface area contributed by atoms with E-state index in [-0.39, 0.29) is 12.7 Å². The molecule has 0 N–H and O–H groups in total. The first-order valence-corrected chi connectivity index (χ1v) is 9.95. The third kappa shape index (κ3) is 3.68. The lowest BCUT2D eigenvalue weighted by Gasteiger charge is -2.37. The predicted molar refractivity (Wildman–Crippen MR) is 104 cm³/mol. The zero-order chi connectivity index (χ0) is 21.6. The van der Waals surface area contributed by atoms with Gasteiger partial charge in [-0.05, 0) is 30.3 Å². The molecule has 31 heavy (non-hydrogen) atoms. The highest BCUT2D eigenvalue weighted by atomic mass is 19.4. The summed E-state index contributed by atoms with van der Waals surface area (Å²) in [6.07, 6.45) is -2.89. The van der Waals surface area contributed by atoms with Crippen molar-refractivity contribution in [2.24, 2.45) is 5.16 Å². The Kier molecular flexibility index (Phi) is 4.56. The van der Waals surface area contributed by atoms with Crippen LogP contribution in [0.1, 0.15) is 40.7 Å². The van der Waals surface area contributed by atoms with E-state index in [9.17, 15) is 18.0 Å². The van der Waals surface area contributed by atoms with Crippen molar-refractivity contribution in [2.75, 3.05) is 19.9 Å². The van der Waals surface area contributed by atoms with Crippen LogP contribution in [0.15, 0.2) is 47.6 Å². The molecule has 0 radical (unpaired) electrons. The fraction of sp³-hybridized carbons (Fsp3) is 0.364. The molecule has 0 aliphatic carbocycles. The Balaban J connectivity index is 1.24. The zero-order valence-corrected chi connectivity index (χ0v) is 16.4. The first-order chi connectivity index (χ1) is 14.8. The van der Waals surface area contributed by atoms with E-state index in [1.54, 1.807) is 29.2 Å². The zero-order valence-electron chi connectivity index (χ0n) is 16.4. The summed E-state index contributed by atoms with van der Waals surface area (Å²) in [6, 6.07) is 10.2. The summed E-state index contributed by atoms with van der Waals surface area (Å²) < 4.78 is 49.6. The molecule has 1 saturated heterocycles. The largest absolute Gasteiger partial charge is 0.454 e. The van der Waals surface area contributed by atoms with Crippen molar-refractivity contribution in [3.8, 4) is 11.5 Å². The standard InChI is InChI=1S/C22H19F3N2O4/c23-22(24,25)16-3-1-2-14(10-16)17-12-21(31-26-17)6-8-27(9-7-21)20(28)15-4-5-18-19(11-15)30-13-29-18/h1-5,10-11H,6-9,12-13H2. The molecule has 162 valence electrons. The summed E-state index contributed by atoms with van der Waals surface area (Å²) in [6.45, 7) is 1.09. The molecule has 3 aliphatic rings. The molecule has 5 rings (SSSR count). The molecule has 0 unspecified atom stereocenters. The number of piperidine rings is 1. The summed E-state index contributed by atoms with van der Waals surface area (Å²) in [5.41, 5.74) is 0.133. The van der Waals surface area contributed by atoms with E-state index in [0.29, 0.717) is 60.7 Å². The number of oxime groups is 1. The lowest BCUT2D eigenvalue weighted by molar-refractivity contribution is -0.137. The Bertz CT molecular complexity index is 1060. The number of halogens is 3. The van der Waals surface area contributed by atoms with Gasteiger partial charge in [0.25, 0.3) is 5.91 Å². The third-order valence-electron chi connectivity index (χ3n) is 5.94. The van der Waals surface area contributed by atoms with Crippen molar-refractivity contribution in [1.82, 2.24) is 4.90 Å². The quantitative estimate of drug-likeness (QED) is 0.713. The monoisotopic (exact) mass is 432 g/mol. The van der Waals surface area contributed by atoms with Crippen molar-refractivity contribution < 1.29 is 32.3 Å². The highest BCUT2D eigenvalue weighted by molar-refractivity contribution is 6.02. The smallest absolute Gasteiger partial charge is 0.416 e. The van der Waals surface area contributed by atoms with Crippen molar-refractivity contribution in [2.45, 2.75) is 31.0 Å². The lowest BCUT2D eigenvalue weighted by atomic mass is 9.85. The summed E-state index contributed by atoms with van der Waals surface area (Å²) in [7, 11) is 0. The van der Waals surface area contributed by atoms with Crippen LogP contribution >= 0.6 is 0 Å². The molecule has 0 saturated carbocycles. The second-order valence-electron chi connectivity index (χ2n) is 7.93. The summed E-state index contributed by atoms with van der Waals surface area (Å²) in [4.78, 5) is 20.3. The molecule has 2 aromatic rings.